The summed E-state index contributed by atoms with van der Waals surface area (Å²) in [4.78, 5) is 3.21. The summed E-state index contributed by atoms with van der Waals surface area (Å²) in [6.45, 7) is 7.04. The van der Waals surface area contributed by atoms with Gasteiger partial charge in [-0.25, -0.2) is 0 Å². The van der Waals surface area contributed by atoms with Gasteiger partial charge in [0.2, 0.25) is 0 Å². The van der Waals surface area contributed by atoms with Crippen LogP contribution in [0.3, 0.4) is 0 Å². The molecular formula is C17H20N2O. The van der Waals surface area contributed by atoms with E-state index >= 15 is 0 Å². The average Bonchev–Trinajstić information content (AvgIpc) is 3.01. The van der Waals surface area contributed by atoms with Crippen LogP contribution in [0.1, 0.15) is 35.6 Å². The molecule has 0 aliphatic heterocycles. The molecule has 3 heteroatoms. The molecule has 1 unspecified atom stereocenters. The Bertz CT molecular complexity index is 724. The van der Waals surface area contributed by atoms with Crippen LogP contribution in [0.25, 0.3) is 10.9 Å². The third-order valence-electron chi connectivity index (χ3n) is 3.78. The molecule has 3 nitrogen and oxygen atoms in total. The van der Waals surface area contributed by atoms with Crippen molar-refractivity contribution in [2.75, 3.05) is 0 Å². The zero-order valence-electron chi connectivity index (χ0n) is 12.2. The molecule has 0 saturated carbocycles. The molecule has 2 N–H and O–H groups in total. The average molecular weight is 268 g/mol. The van der Waals surface area contributed by atoms with Crippen molar-refractivity contribution in [2.45, 2.75) is 33.4 Å². The van der Waals surface area contributed by atoms with Gasteiger partial charge in [0.15, 0.2) is 0 Å². The molecule has 0 amide bonds. The molecule has 0 bridgehead atoms. The summed E-state index contributed by atoms with van der Waals surface area (Å²) < 4.78 is 5.59. The van der Waals surface area contributed by atoms with Gasteiger partial charge < -0.3 is 14.7 Å². The maximum absolute atomic E-state index is 5.59. The Morgan fingerprint density at radius 3 is 2.80 bits per heavy atom. The zero-order valence-corrected chi connectivity index (χ0v) is 12.2. The van der Waals surface area contributed by atoms with E-state index in [0.29, 0.717) is 0 Å². The second-order valence-electron chi connectivity index (χ2n) is 5.37. The van der Waals surface area contributed by atoms with Crippen LogP contribution >= 0.6 is 0 Å². The van der Waals surface area contributed by atoms with E-state index < -0.39 is 0 Å². The van der Waals surface area contributed by atoms with E-state index in [2.05, 4.69) is 47.6 Å². The van der Waals surface area contributed by atoms with Crippen LogP contribution in [0.2, 0.25) is 0 Å². The molecule has 0 aliphatic rings. The van der Waals surface area contributed by atoms with Crippen LogP contribution in [0.4, 0.5) is 0 Å². The highest BCUT2D eigenvalue weighted by Gasteiger charge is 2.12. The van der Waals surface area contributed by atoms with E-state index in [4.69, 9.17) is 4.42 Å². The van der Waals surface area contributed by atoms with Crippen molar-refractivity contribution in [2.24, 2.45) is 0 Å². The Kier molecular flexibility index (Phi) is 3.36. The minimum absolute atomic E-state index is 0.286. The lowest BCUT2D eigenvalue weighted by molar-refractivity contribution is 0.489. The lowest BCUT2D eigenvalue weighted by Gasteiger charge is -2.13. The fourth-order valence-electron chi connectivity index (χ4n) is 2.67. The molecule has 104 valence electrons. The van der Waals surface area contributed by atoms with Gasteiger partial charge in [-0.15, -0.1) is 0 Å². The van der Waals surface area contributed by atoms with Gasteiger partial charge in [-0.3, -0.25) is 0 Å². The van der Waals surface area contributed by atoms with Gasteiger partial charge in [-0.2, -0.15) is 0 Å². The van der Waals surface area contributed by atoms with Crippen molar-refractivity contribution in [3.05, 3.63) is 59.2 Å². The fraction of sp³-hybridized carbons (Fsp3) is 0.294. The number of aryl methyl sites for hydroxylation is 2. The predicted molar refractivity (Wildman–Crippen MR) is 81.7 cm³/mol. The first-order valence-corrected chi connectivity index (χ1v) is 7.00. The van der Waals surface area contributed by atoms with Crippen LogP contribution in [0.5, 0.6) is 0 Å². The van der Waals surface area contributed by atoms with Gasteiger partial charge in [0, 0.05) is 29.9 Å². The first-order valence-electron chi connectivity index (χ1n) is 7.00. The lowest BCUT2D eigenvalue weighted by atomic mass is 10.1. The van der Waals surface area contributed by atoms with Crippen LogP contribution in [-0.4, -0.2) is 4.98 Å². The third kappa shape index (κ3) is 2.49. The number of furan rings is 1. The van der Waals surface area contributed by atoms with E-state index in [1.54, 1.807) is 0 Å². The number of benzene rings is 1. The summed E-state index contributed by atoms with van der Waals surface area (Å²) in [6.07, 6.45) is 1.97. The lowest BCUT2D eigenvalue weighted by Crippen LogP contribution is -2.18. The molecule has 0 radical (unpaired) electrons. The van der Waals surface area contributed by atoms with Gasteiger partial charge in [-0.05, 0) is 56.0 Å². The Hall–Kier alpha value is -2.00. The van der Waals surface area contributed by atoms with E-state index in [1.165, 1.54) is 22.0 Å². The maximum Gasteiger partial charge on any atom is 0.105 e. The number of H-pyrrole nitrogens is 1. The van der Waals surface area contributed by atoms with Gasteiger partial charge in [-0.1, -0.05) is 6.07 Å². The quantitative estimate of drug-likeness (QED) is 0.743. The Labute approximate surface area is 119 Å². The minimum Gasteiger partial charge on any atom is -0.466 e. The topological polar surface area (TPSA) is 41.0 Å². The SMILES string of the molecule is Cc1cc(C(C)NCc2ccc3[nH]ccc3c2)c(C)o1. The maximum atomic E-state index is 5.59. The summed E-state index contributed by atoms with van der Waals surface area (Å²) in [5.41, 5.74) is 3.72. The monoisotopic (exact) mass is 268 g/mol. The van der Waals surface area contributed by atoms with Crippen LogP contribution in [0, 0.1) is 13.8 Å². The van der Waals surface area contributed by atoms with E-state index in [0.717, 1.165) is 18.1 Å². The van der Waals surface area contributed by atoms with Crippen molar-refractivity contribution < 1.29 is 4.42 Å². The highest BCUT2D eigenvalue weighted by atomic mass is 16.3. The number of aromatic nitrogens is 1. The zero-order chi connectivity index (χ0) is 14.1. The van der Waals surface area contributed by atoms with Crippen molar-refractivity contribution in [3.63, 3.8) is 0 Å². The molecule has 20 heavy (non-hydrogen) atoms. The Balaban J connectivity index is 1.70. The summed E-state index contributed by atoms with van der Waals surface area (Å²) >= 11 is 0. The molecule has 0 spiro atoms. The number of aromatic amines is 1. The Morgan fingerprint density at radius 2 is 2.05 bits per heavy atom. The molecule has 1 aromatic carbocycles. The Morgan fingerprint density at radius 1 is 1.20 bits per heavy atom. The molecular weight excluding hydrogens is 248 g/mol. The molecule has 3 rings (SSSR count). The third-order valence-corrected chi connectivity index (χ3v) is 3.78. The summed E-state index contributed by atoms with van der Waals surface area (Å²) in [6, 6.07) is 11.0. The number of nitrogens with one attached hydrogen (secondary N) is 2. The number of rotatable bonds is 4. The number of hydrogen-bond donors (Lipinski definition) is 2. The number of hydrogen-bond acceptors (Lipinski definition) is 2. The smallest absolute Gasteiger partial charge is 0.105 e. The van der Waals surface area contributed by atoms with Crippen molar-refractivity contribution >= 4 is 10.9 Å². The first-order chi connectivity index (χ1) is 9.63. The minimum atomic E-state index is 0.286. The van der Waals surface area contributed by atoms with Gasteiger partial charge in [0.05, 0.1) is 0 Å². The van der Waals surface area contributed by atoms with Gasteiger partial charge >= 0.3 is 0 Å². The second kappa shape index (κ2) is 5.17. The largest absolute Gasteiger partial charge is 0.466 e. The first kappa shape index (κ1) is 13.0. The summed E-state index contributed by atoms with van der Waals surface area (Å²) in [5, 5.41) is 4.81. The summed E-state index contributed by atoms with van der Waals surface area (Å²) in [5.74, 6) is 1.98. The van der Waals surface area contributed by atoms with Crippen molar-refractivity contribution in [1.29, 1.82) is 0 Å². The summed E-state index contributed by atoms with van der Waals surface area (Å²) in [7, 11) is 0. The molecule has 2 heterocycles. The van der Waals surface area contributed by atoms with Crippen LogP contribution in [-0.2, 0) is 6.54 Å². The highest BCUT2D eigenvalue weighted by Crippen LogP contribution is 2.22. The van der Waals surface area contributed by atoms with E-state index in [9.17, 15) is 0 Å². The van der Waals surface area contributed by atoms with Crippen LogP contribution in [0.15, 0.2) is 40.9 Å². The normalized spacial score (nSPS) is 12.9. The molecule has 0 aliphatic carbocycles. The molecule has 0 saturated heterocycles. The van der Waals surface area contributed by atoms with Gasteiger partial charge in [0.1, 0.15) is 11.5 Å². The fourth-order valence-corrected chi connectivity index (χ4v) is 2.67. The number of fused-ring (bicyclic) bond motifs is 1. The highest BCUT2D eigenvalue weighted by molar-refractivity contribution is 5.79. The van der Waals surface area contributed by atoms with E-state index in [1.807, 2.05) is 20.0 Å². The molecule has 1 atom stereocenters. The second-order valence-corrected chi connectivity index (χ2v) is 5.37. The van der Waals surface area contributed by atoms with Crippen molar-refractivity contribution in [3.8, 4) is 0 Å². The predicted octanol–water partition coefficient (Wildman–Crippen LogP) is 4.23. The molecule has 3 aromatic rings. The molecule has 2 aromatic heterocycles. The standard InChI is InChI=1S/C17H20N2O/c1-11-8-16(13(3)20-11)12(2)19-10-14-4-5-17-15(9-14)6-7-18-17/h4-9,12,18-19H,10H2,1-3H3. The van der Waals surface area contributed by atoms with Gasteiger partial charge in [0.25, 0.3) is 0 Å². The van der Waals surface area contributed by atoms with Crippen LogP contribution < -0.4 is 5.32 Å². The van der Waals surface area contributed by atoms with Crippen molar-refractivity contribution in [1.82, 2.24) is 10.3 Å². The van der Waals surface area contributed by atoms with E-state index in [-0.39, 0.29) is 6.04 Å². The molecule has 0 fully saturated rings.